The molecule has 0 aromatic heterocycles. The van der Waals surface area contributed by atoms with Gasteiger partial charge in [0.25, 0.3) is 0 Å². The number of piperazine rings is 2. The Bertz CT molecular complexity index is 1430. The lowest BCUT2D eigenvalue weighted by molar-refractivity contribution is 0.148. The number of hydrogen-bond acceptors (Lipinski definition) is 9. The van der Waals surface area contributed by atoms with E-state index in [4.69, 9.17) is 0 Å². The molecule has 9 heteroatoms. The second-order valence-corrected chi connectivity index (χ2v) is 18.9. The van der Waals surface area contributed by atoms with E-state index in [1.165, 1.54) is 112 Å². The van der Waals surface area contributed by atoms with Crippen molar-refractivity contribution in [2.24, 2.45) is 0 Å². The van der Waals surface area contributed by atoms with Crippen LogP contribution in [0.5, 0.6) is 0 Å². The third-order valence-corrected chi connectivity index (χ3v) is 11.2. The van der Waals surface area contributed by atoms with Gasteiger partial charge in [-0.1, -0.05) is 117 Å². The van der Waals surface area contributed by atoms with Gasteiger partial charge in [0.1, 0.15) is 0 Å². The first-order valence-electron chi connectivity index (χ1n) is 24.1. The summed E-state index contributed by atoms with van der Waals surface area (Å²) in [4.78, 5) is 20.9. The first kappa shape index (κ1) is 60.3. The minimum Gasteiger partial charge on any atom is -0.310 e. The van der Waals surface area contributed by atoms with Gasteiger partial charge < -0.3 is 39.2 Å². The quantitative estimate of drug-likeness (QED) is 0.151. The van der Waals surface area contributed by atoms with Crippen LogP contribution in [0.25, 0.3) is 0 Å². The van der Waals surface area contributed by atoms with E-state index in [0.29, 0.717) is 0 Å². The van der Waals surface area contributed by atoms with Gasteiger partial charge in [-0.15, -0.1) is 0 Å². The predicted molar refractivity (Wildman–Crippen MR) is 281 cm³/mol. The monoisotopic (exact) mass is 876 g/mol. The molecule has 0 amide bonds. The molecular formula is C54H101N9. The summed E-state index contributed by atoms with van der Waals surface area (Å²) in [5, 5.41) is 0. The Morgan fingerprint density at radius 1 is 0.429 bits per heavy atom. The second-order valence-electron chi connectivity index (χ2n) is 18.9. The second kappa shape index (κ2) is 37.5. The molecule has 2 aliphatic heterocycles. The number of unbranched alkanes of at least 4 members (excludes halogenated alkanes) is 1. The van der Waals surface area contributed by atoms with Gasteiger partial charge in [0, 0.05) is 85.1 Å². The molecule has 2 heterocycles. The molecule has 2 fully saturated rings. The SMILES string of the molecule is CCCCN(C)C.CCN(C)C.CCN1CCN(C)CC1.Cc1ccc(CCN(C)C)cc1.Cc1ccc(CN(C)CCN(C)C)cc1.Cc1ccc(CN2CCN(C)CC2)cc1. The number of rotatable bonds is 15. The standard InChI is InChI=1S/C13H20N2.C13H22N2.C11H17N.C7H16N2.C6H15N.C4H11N/c1-12-3-5-13(6-4-12)11-15-9-7-14(2)8-10-15;1-12-5-7-13(8-6-12)11-15(4)10-9-14(2)3;1-10-4-6-11(7-5-10)8-9-12(2)3;1-3-9-6-4-8(2)5-7-9;1-4-5-6-7(2)3;1-4-5(2)3/h3-6H,7-11H2,1-2H3;5-8H,9-11H2,1-4H3;4-7H,8-9H2,1-3H3;3-7H2,1-2H3;4-6H2,1-3H3;4H2,1-3H3. The van der Waals surface area contributed by atoms with Crippen molar-refractivity contribution in [3.05, 3.63) is 106 Å². The van der Waals surface area contributed by atoms with Crippen molar-refractivity contribution in [1.82, 2.24) is 44.1 Å². The highest BCUT2D eigenvalue weighted by Gasteiger charge is 2.13. The van der Waals surface area contributed by atoms with Crippen LogP contribution in [-0.2, 0) is 19.5 Å². The molecule has 0 bridgehead atoms. The van der Waals surface area contributed by atoms with E-state index in [9.17, 15) is 0 Å². The van der Waals surface area contributed by atoms with Crippen LogP contribution in [0.1, 0.15) is 67.0 Å². The highest BCUT2D eigenvalue weighted by atomic mass is 15.2. The molecule has 3 aromatic carbocycles. The zero-order valence-corrected chi connectivity index (χ0v) is 44.4. The zero-order valence-electron chi connectivity index (χ0n) is 44.4. The molecular weight excluding hydrogens is 775 g/mol. The first-order chi connectivity index (χ1) is 29.9. The molecule has 0 N–H and O–H groups in total. The van der Waals surface area contributed by atoms with Gasteiger partial charge >= 0.3 is 0 Å². The fourth-order valence-corrected chi connectivity index (χ4v) is 6.16. The maximum Gasteiger partial charge on any atom is 0.0234 e. The summed E-state index contributed by atoms with van der Waals surface area (Å²) in [7, 11) is 23.3. The van der Waals surface area contributed by atoms with Crippen LogP contribution in [-0.4, -0.2) is 213 Å². The summed E-state index contributed by atoms with van der Waals surface area (Å²) in [6.45, 7) is 31.8. The minimum absolute atomic E-state index is 1.04. The third kappa shape index (κ3) is 36.2. The molecule has 0 unspecified atom stereocenters. The molecule has 0 aliphatic carbocycles. The Morgan fingerprint density at radius 2 is 0.810 bits per heavy atom. The van der Waals surface area contributed by atoms with E-state index in [2.05, 4.69) is 236 Å². The topological polar surface area (TPSA) is 29.2 Å². The van der Waals surface area contributed by atoms with E-state index in [0.717, 1.165) is 45.7 Å². The van der Waals surface area contributed by atoms with Gasteiger partial charge in [-0.2, -0.15) is 0 Å². The number of nitrogens with zero attached hydrogens (tertiary/aromatic N) is 9. The Morgan fingerprint density at radius 3 is 1.16 bits per heavy atom. The third-order valence-electron chi connectivity index (χ3n) is 11.2. The van der Waals surface area contributed by atoms with Crippen molar-refractivity contribution in [3.8, 4) is 0 Å². The Balaban J connectivity index is 0.000000759. The number of aryl methyl sites for hydroxylation is 3. The molecule has 5 rings (SSSR count). The van der Waals surface area contributed by atoms with Crippen molar-refractivity contribution < 1.29 is 0 Å². The molecule has 0 spiro atoms. The molecule has 2 aliphatic rings. The zero-order chi connectivity index (χ0) is 47.6. The van der Waals surface area contributed by atoms with E-state index >= 15 is 0 Å². The molecule has 0 atom stereocenters. The van der Waals surface area contributed by atoms with Crippen molar-refractivity contribution in [2.45, 2.75) is 73.9 Å². The van der Waals surface area contributed by atoms with Gasteiger partial charge in [-0.05, 0) is 147 Å². The summed E-state index contributed by atoms with van der Waals surface area (Å²) in [5.74, 6) is 0. The van der Waals surface area contributed by atoms with Gasteiger partial charge in [-0.25, -0.2) is 0 Å². The van der Waals surface area contributed by atoms with Crippen LogP contribution in [0, 0.1) is 20.8 Å². The largest absolute Gasteiger partial charge is 0.310 e. The molecule has 362 valence electrons. The molecule has 2 saturated heterocycles. The molecule has 0 saturated carbocycles. The molecule has 63 heavy (non-hydrogen) atoms. The van der Waals surface area contributed by atoms with Gasteiger partial charge in [0.05, 0.1) is 0 Å². The maximum absolute atomic E-state index is 2.53. The predicted octanol–water partition coefficient (Wildman–Crippen LogP) is 8.00. The average molecular weight is 876 g/mol. The van der Waals surface area contributed by atoms with Crippen molar-refractivity contribution in [3.63, 3.8) is 0 Å². The van der Waals surface area contributed by atoms with E-state index in [1.54, 1.807) is 0 Å². The van der Waals surface area contributed by atoms with E-state index < -0.39 is 0 Å². The molecule has 9 nitrogen and oxygen atoms in total. The summed E-state index contributed by atoms with van der Waals surface area (Å²) in [6.07, 6.45) is 3.78. The van der Waals surface area contributed by atoms with Crippen LogP contribution in [0.2, 0.25) is 0 Å². The number of hydrogen-bond donors (Lipinski definition) is 0. The van der Waals surface area contributed by atoms with Crippen molar-refractivity contribution in [1.29, 1.82) is 0 Å². The fraction of sp³-hybridized carbons (Fsp3) is 0.667. The molecule has 0 radical (unpaired) electrons. The Hall–Kier alpha value is -2.70. The van der Waals surface area contributed by atoms with Gasteiger partial charge in [-0.3, -0.25) is 4.90 Å². The van der Waals surface area contributed by atoms with E-state index in [-0.39, 0.29) is 0 Å². The lowest BCUT2D eigenvalue weighted by Crippen LogP contribution is -2.44. The lowest BCUT2D eigenvalue weighted by Gasteiger charge is -2.32. The first-order valence-corrected chi connectivity index (χ1v) is 24.1. The van der Waals surface area contributed by atoms with Gasteiger partial charge in [0.2, 0.25) is 0 Å². The van der Waals surface area contributed by atoms with Crippen LogP contribution >= 0.6 is 0 Å². The average Bonchev–Trinajstić information content (AvgIpc) is 3.26. The van der Waals surface area contributed by atoms with Crippen molar-refractivity contribution >= 4 is 0 Å². The minimum atomic E-state index is 1.04. The van der Waals surface area contributed by atoms with Crippen LogP contribution in [0.4, 0.5) is 0 Å². The molecule has 3 aromatic rings. The normalized spacial score (nSPS) is 14.8. The lowest BCUT2D eigenvalue weighted by atomic mass is 10.1. The Kier molecular flexibility index (Phi) is 35.9. The van der Waals surface area contributed by atoms with E-state index in [1.807, 2.05) is 0 Å². The van der Waals surface area contributed by atoms with Crippen LogP contribution in [0.3, 0.4) is 0 Å². The van der Waals surface area contributed by atoms with Crippen LogP contribution < -0.4 is 0 Å². The smallest absolute Gasteiger partial charge is 0.0234 e. The number of likely N-dealkylation sites (N-methyl/N-ethyl adjacent to an activating group) is 6. The van der Waals surface area contributed by atoms with Crippen molar-refractivity contribution in [2.75, 3.05) is 169 Å². The highest BCUT2D eigenvalue weighted by Crippen LogP contribution is 2.09. The maximum atomic E-state index is 2.53. The van der Waals surface area contributed by atoms with Gasteiger partial charge in [0.15, 0.2) is 0 Å². The fourth-order valence-electron chi connectivity index (χ4n) is 6.16. The number of benzene rings is 3. The summed E-state index contributed by atoms with van der Waals surface area (Å²) < 4.78 is 0. The van der Waals surface area contributed by atoms with Crippen LogP contribution in [0.15, 0.2) is 72.8 Å². The Labute approximate surface area is 392 Å². The summed E-state index contributed by atoms with van der Waals surface area (Å²) in [5.41, 5.74) is 8.26. The highest BCUT2D eigenvalue weighted by molar-refractivity contribution is 5.23. The summed E-state index contributed by atoms with van der Waals surface area (Å²) in [6, 6.07) is 26.4. The summed E-state index contributed by atoms with van der Waals surface area (Å²) >= 11 is 0.